The van der Waals surface area contributed by atoms with E-state index in [0.29, 0.717) is 11.4 Å². The van der Waals surface area contributed by atoms with Crippen molar-refractivity contribution in [2.45, 2.75) is 18.7 Å². The predicted molar refractivity (Wildman–Crippen MR) is 82.6 cm³/mol. The van der Waals surface area contributed by atoms with Crippen LogP contribution in [-0.2, 0) is 10.0 Å². The molecule has 0 aliphatic heterocycles. The van der Waals surface area contributed by atoms with Gasteiger partial charge in [0.15, 0.2) is 0 Å². The van der Waals surface area contributed by atoms with Crippen molar-refractivity contribution in [1.29, 1.82) is 0 Å². The van der Waals surface area contributed by atoms with Crippen molar-refractivity contribution in [3.8, 4) is 5.75 Å². The molecule has 108 valence electrons. The van der Waals surface area contributed by atoms with Crippen LogP contribution in [0.25, 0.3) is 0 Å². The van der Waals surface area contributed by atoms with E-state index in [4.69, 9.17) is 16.3 Å². The molecule has 0 aliphatic carbocycles. The van der Waals surface area contributed by atoms with Crippen molar-refractivity contribution in [3.05, 3.63) is 39.0 Å². The van der Waals surface area contributed by atoms with Gasteiger partial charge in [-0.15, -0.1) is 11.3 Å². The molecule has 20 heavy (non-hydrogen) atoms. The fraction of sp³-hybridized carbons (Fsp3) is 0.231. The molecule has 0 aliphatic rings. The lowest BCUT2D eigenvalue weighted by atomic mass is 10.3. The Labute approximate surface area is 127 Å². The van der Waals surface area contributed by atoms with Gasteiger partial charge >= 0.3 is 0 Å². The van der Waals surface area contributed by atoms with E-state index >= 15 is 0 Å². The third-order valence-corrected chi connectivity index (χ3v) is 5.61. The molecule has 7 heteroatoms. The SMILES string of the molecule is COc1ccc(NS(=O)(=O)c2cc(C)sc2C)c(Cl)c1. The quantitative estimate of drug-likeness (QED) is 0.926. The van der Waals surface area contributed by atoms with E-state index in [1.807, 2.05) is 6.92 Å². The van der Waals surface area contributed by atoms with Crippen LogP contribution in [0, 0.1) is 13.8 Å². The van der Waals surface area contributed by atoms with Gasteiger partial charge in [0.1, 0.15) is 10.6 Å². The summed E-state index contributed by atoms with van der Waals surface area (Å²) < 4.78 is 32.2. The smallest absolute Gasteiger partial charge is 0.263 e. The summed E-state index contributed by atoms with van der Waals surface area (Å²) in [5.41, 5.74) is 0.329. The van der Waals surface area contributed by atoms with Crippen LogP contribution in [0.3, 0.4) is 0 Å². The molecule has 1 N–H and O–H groups in total. The van der Waals surface area contributed by atoms with Crippen LogP contribution in [0.15, 0.2) is 29.2 Å². The molecule has 1 aromatic heterocycles. The first-order valence-electron chi connectivity index (χ1n) is 5.77. The second kappa shape index (κ2) is 5.63. The summed E-state index contributed by atoms with van der Waals surface area (Å²) in [5.74, 6) is 0.570. The number of halogens is 1. The number of rotatable bonds is 4. The van der Waals surface area contributed by atoms with Gasteiger partial charge in [0, 0.05) is 15.8 Å². The summed E-state index contributed by atoms with van der Waals surface area (Å²) >= 11 is 7.49. The molecular formula is C13H14ClNO3S2. The van der Waals surface area contributed by atoms with Crippen LogP contribution in [0.1, 0.15) is 9.75 Å². The maximum atomic E-state index is 12.3. The number of benzene rings is 1. The van der Waals surface area contributed by atoms with E-state index in [1.54, 1.807) is 31.2 Å². The highest BCUT2D eigenvalue weighted by Crippen LogP contribution is 2.31. The number of aryl methyl sites for hydroxylation is 2. The Morgan fingerprint density at radius 1 is 1.25 bits per heavy atom. The van der Waals surface area contributed by atoms with E-state index in [9.17, 15) is 8.42 Å². The summed E-state index contributed by atoms with van der Waals surface area (Å²) in [6.45, 7) is 3.65. The molecule has 2 aromatic rings. The molecule has 0 bridgehead atoms. The zero-order valence-corrected chi connectivity index (χ0v) is 13.6. The molecule has 0 unspecified atom stereocenters. The second-order valence-electron chi connectivity index (χ2n) is 4.23. The molecule has 0 amide bonds. The summed E-state index contributed by atoms with van der Waals surface area (Å²) in [6, 6.07) is 6.44. The number of thiophene rings is 1. The van der Waals surface area contributed by atoms with Crippen molar-refractivity contribution < 1.29 is 13.2 Å². The molecule has 0 radical (unpaired) electrons. The first-order valence-corrected chi connectivity index (χ1v) is 8.44. The third kappa shape index (κ3) is 3.08. The van der Waals surface area contributed by atoms with Crippen LogP contribution in [0.5, 0.6) is 5.75 Å². The zero-order valence-electron chi connectivity index (χ0n) is 11.2. The van der Waals surface area contributed by atoms with Crippen molar-refractivity contribution in [2.24, 2.45) is 0 Å². The van der Waals surface area contributed by atoms with Crippen LogP contribution < -0.4 is 9.46 Å². The summed E-state index contributed by atoms with van der Waals surface area (Å²) in [7, 11) is -2.11. The average molecular weight is 332 g/mol. The fourth-order valence-corrected chi connectivity index (χ4v) is 4.69. The van der Waals surface area contributed by atoms with Gasteiger partial charge in [-0.3, -0.25) is 4.72 Å². The third-order valence-electron chi connectivity index (χ3n) is 2.71. The maximum Gasteiger partial charge on any atom is 0.263 e. The monoisotopic (exact) mass is 331 g/mol. The molecule has 1 aromatic carbocycles. The standard InChI is InChI=1S/C13H14ClNO3S2/c1-8-6-13(9(2)19-8)20(16,17)15-12-5-4-10(18-3)7-11(12)14/h4-7,15H,1-3H3. The van der Waals surface area contributed by atoms with Crippen LogP contribution in [0.4, 0.5) is 5.69 Å². The Bertz CT molecular complexity index is 738. The largest absolute Gasteiger partial charge is 0.497 e. The Morgan fingerprint density at radius 2 is 1.95 bits per heavy atom. The average Bonchev–Trinajstić information content (AvgIpc) is 2.71. The van der Waals surface area contributed by atoms with Gasteiger partial charge in [-0.2, -0.15) is 0 Å². The van der Waals surface area contributed by atoms with E-state index < -0.39 is 10.0 Å². The van der Waals surface area contributed by atoms with Crippen molar-refractivity contribution in [3.63, 3.8) is 0 Å². The lowest BCUT2D eigenvalue weighted by Crippen LogP contribution is -2.13. The van der Waals surface area contributed by atoms with Gasteiger partial charge < -0.3 is 4.74 Å². The summed E-state index contributed by atoms with van der Waals surface area (Å²) in [6.07, 6.45) is 0. The topological polar surface area (TPSA) is 55.4 Å². The van der Waals surface area contributed by atoms with Gasteiger partial charge in [-0.05, 0) is 32.0 Å². The van der Waals surface area contributed by atoms with E-state index in [1.165, 1.54) is 18.4 Å². The molecule has 0 saturated heterocycles. The first-order chi connectivity index (χ1) is 9.33. The van der Waals surface area contributed by atoms with Crippen LogP contribution in [0.2, 0.25) is 5.02 Å². The number of nitrogens with one attached hydrogen (secondary N) is 1. The minimum Gasteiger partial charge on any atom is -0.497 e. The summed E-state index contributed by atoms with van der Waals surface area (Å²) in [4.78, 5) is 1.98. The van der Waals surface area contributed by atoms with Crippen molar-refractivity contribution in [1.82, 2.24) is 0 Å². The number of ether oxygens (including phenoxy) is 1. The fourth-order valence-electron chi connectivity index (χ4n) is 1.78. The zero-order chi connectivity index (χ0) is 14.9. The molecule has 0 spiro atoms. The van der Waals surface area contributed by atoms with Crippen molar-refractivity contribution >= 4 is 38.6 Å². The van der Waals surface area contributed by atoms with E-state index in [-0.39, 0.29) is 9.92 Å². The molecule has 1 heterocycles. The number of methoxy groups -OCH3 is 1. The molecule has 0 atom stereocenters. The van der Waals surface area contributed by atoms with Gasteiger partial charge in [0.05, 0.1) is 17.8 Å². The number of hydrogen-bond donors (Lipinski definition) is 1. The van der Waals surface area contributed by atoms with Crippen LogP contribution >= 0.6 is 22.9 Å². The van der Waals surface area contributed by atoms with E-state index in [0.717, 1.165) is 9.75 Å². The van der Waals surface area contributed by atoms with E-state index in [2.05, 4.69) is 4.72 Å². The maximum absolute atomic E-state index is 12.3. The minimum absolute atomic E-state index is 0.284. The Hall–Kier alpha value is -1.24. The number of hydrogen-bond acceptors (Lipinski definition) is 4. The lowest BCUT2D eigenvalue weighted by Gasteiger charge is -2.10. The second-order valence-corrected chi connectivity index (χ2v) is 7.75. The predicted octanol–water partition coefficient (Wildman–Crippen LogP) is 3.83. The number of anilines is 1. The molecule has 0 saturated carbocycles. The molecule has 2 rings (SSSR count). The normalized spacial score (nSPS) is 11.4. The Kier molecular flexibility index (Phi) is 4.27. The lowest BCUT2D eigenvalue weighted by molar-refractivity contribution is 0.415. The minimum atomic E-state index is -3.63. The highest BCUT2D eigenvalue weighted by atomic mass is 35.5. The first kappa shape index (κ1) is 15.2. The van der Waals surface area contributed by atoms with Gasteiger partial charge in [-0.1, -0.05) is 11.6 Å². The Balaban J connectivity index is 2.36. The highest BCUT2D eigenvalue weighted by Gasteiger charge is 2.20. The van der Waals surface area contributed by atoms with Gasteiger partial charge in [0.25, 0.3) is 10.0 Å². The molecule has 0 fully saturated rings. The Morgan fingerprint density at radius 3 is 2.45 bits per heavy atom. The van der Waals surface area contributed by atoms with Gasteiger partial charge in [0.2, 0.25) is 0 Å². The summed E-state index contributed by atoms with van der Waals surface area (Å²) in [5, 5.41) is 0.289. The number of sulfonamides is 1. The molecular weight excluding hydrogens is 318 g/mol. The van der Waals surface area contributed by atoms with Gasteiger partial charge in [-0.25, -0.2) is 8.42 Å². The highest BCUT2D eigenvalue weighted by molar-refractivity contribution is 7.93. The molecule has 4 nitrogen and oxygen atoms in total. The van der Waals surface area contributed by atoms with Crippen LogP contribution in [-0.4, -0.2) is 15.5 Å². The van der Waals surface area contributed by atoms with Crippen molar-refractivity contribution in [2.75, 3.05) is 11.8 Å².